The van der Waals surface area contributed by atoms with Crippen LogP contribution in [0.25, 0.3) is 5.69 Å². The van der Waals surface area contributed by atoms with Gasteiger partial charge in [0.25, 0.3) is 0 Å². The number of nitrogens with zero attached hydrogens (tertiary/aromatic N) is 2. The van der Waals surface area contributed by atoms with Crippen LogP contribution in [0.15, 0.2) is 24.4 Å². The van der Waals surface area contributed by atoms with E-state index in [1.165, 1.54) is 12.3 Å². The van der Waals surface area contributed by atoms with E-state index in [4.69, 9.17) is 11.6 Å². The summed E-state index contributed by atoms with van der Waals surface area (Å²) in [5.74, 6) is -3.34. The smallest absolute Gasteiger partial charge is 0.161 e. The molecule has 0 aliphatic rings. The number of halogens is 4. The van der Waals surface area contributed by atoms with Crippen LogP contribution in [0.3, 0.4) is 0 Å². The molecule has 1 aromatic carbocycles. The van der Waals surface area contributed by atoms with Gasteiger partial charge in [-0.2, -0.15) is 5.10 Å². The van der Waals surface area contributed by atoms with Crippen molar-refractivity contribution in [2.45, 2.75) is 0 Å². The minimum atomic E-state index is -1.25. The molecule has 1 heterocycles. The summed E-state index contributed by atoms with van der Waals surface area (Å²) in [5, 5.41) is 3.78. The predicted octanol–water partition coefficient (Wildman–Crippen LogP) is 2.94. The van der Waals surface area contributed by atoms with Crippen LogP contribution in [0.1, 0.15) is 0 Å². The molecule has 0 spiro atoms. The zero-order chi connectivity index (χ0) is 11.0. The maximum atomic E-state index is 13.2. The molecule has 0 bridgehead atoms. The van der Waals surface area contributed by atoms with Gasteiger partial charge in [-0.1, -0.05) is 11.6 Å². The summed E-state index contributed by atoms with van der Waals surface area (Å²) in [6, 6.07) is 2.55. The number of benzene rings is 1. The number of hydrogen-bond acceptors (Lipinski definition) is 1. The highest BCUT2D eigenvalue weighted by atomic mass is 35.5. The van der Waals surface area contributed by atoms with E-state index in [0.29, 0.717) is 12.1 Å². The highest BCUT2D eigenvalue weighted by Gasteiger charge is 2.13. The maximum absolute atomic E-state index is 13.2. The Morgan fingerprint density at radius 2 is 1.73 bits per heavy atom. The molecule has 0 atom stereocenters. The second-order valence-electron chi connectivity index (χ2n) is 2.78. The van der Waals surface area contributed by atoms with Gasteiger partial charge in [-0.25, -0.2) is 17.9 Å². The van der Waals surface area contributed by atoms with Crippen LogP contribution < -0.4 is 0 Å². The van der Waals surface area contributed by atoms with Crippen molar-refractivity contribution in [2.24, 2.45) is 0 Å². The molecule has 0 saturated carbocycles. The third kappa shape index (κ3) is 1.70. The van der Waals surface area contributed by atoms with Crippen molar-refractivity contribution >= 4 is 11.6 Å². The van der Waals surface area contributed by atoms with E-state index in [9.17, 15) is 13.2 Å². The van der Waals surface area contributed by atoms with E-state index in [2.05, 4.69) is 5.10 Å². The molecule has 2 rings (SSSR count). The lowest BCUT2D eigenvalue weighted by molar-refractivity contribution is 0.491. The Morgan fingerprint density at radius 3 is 2.33 bits per heavy atom. The fourth-order valence-corrected chi connectivity index (χ4v) is 1.33. The van der Waals surface area contributed by atoms with Crippen LogP contribution in [0.2, 0.25) is 5.15 Å². The first kappa shape index (κ1) is 10.0. The first-order valence-corrected chi connectivity index (χ1v) is 4.32. The Balaban J connectivity index is 2.64. The molecule has 0 aliphatic carbocycles. The van der Waals surface area contributed by atoms with E-state index in [0.717, 1.165) is 4.68 Å². The van der Waals surface area contributed by atoms with Gasteiger partial charge in [0.1, 0.15) is 10.8 Å². The Kier molecular flexibility index (Phi) is 2.40. The Hall–Kier alpha value is -1.49. The molecule has 0 aliphatic heterocycles. The molecule has 0 saturated heterocycles. The molecule has 78 valence electrons. The van der Waals surface area contributed by atoms with E-state index >= 15 is 0 Å². The van der Waals surface area contributed by atoms with Gasteiger partial charge in [-0.05, 0) is 6.07 Å². The lowest BCUT2D eigenvalue weighted by Crippen LogP contribution is -2.02. The van der Waals surface area contributed by atoms with Crippen LogP contribution >= 0.6 is 11.6 Å². The van der Waals surface area contributed by atoms with E-state index in [1.54, 1.807) is 0 Å². The quantitative estimate of drug-likeness (QED) is 0.692. The van der Waals surface area contributed by atoms with Crippen molar-refractivity contribution in [3.05, 3.63) is 47.0 Å². The summed E-state index contributed by atoms with van der Waals surface area (Å²) >= 11 is 5.66. The van der Waals surface area contributed by atoms with Gasteiger partial charge in [0.15, 0.2) is 17.5 Å². The monoisotopic (exact) mass is 232 g/mol. The van der Waals surface area contributed by atoms with Gasteiger partial charge in [0.05, 0.1) is 6.20 Å². The molecular weight excluding hydrogens is 229 g/mol. The van der Waals surface area contributed by atoms with Crippen LogP contribution in [0, 0.1) is 17.5 Å². The summed E-state index contributed by atoms with van der Waals surface area (Å²) in [5.41, 5.74) is -0.232. The van der Waals surface area contributed by atoms with Gasteiger partial charge < -0.3 is 0 Å². The standard InChI is InChI=1S/C9H4ClF3N2/c10-9-1-2-14-15(9)8-4-6(12)5(11)3-7(8)13/h1-4H. The fourth-order valence-electron chi connectivity index (χ4n) is 1.14. The summed E-state index contributed by atoms with van der Waals surface area (Å²) in [6.07, 6.45) is 1.32. The Morgan fingerprint density at radius 1 is 1.07 bits per heavy atom. The molecule has 15 heavy (non-hydrogen) atoms. The molecule has 0 fully saturated rings. The highest BCUT2D eigenvalue weighted by Crippen LogP contribution is 2.20. The van der Waals surface area contributed by atoms with E-state index < -0.39 is 17.5 Å². The molecule has 6 heteroatoms. The lowest BCUT2D eigenvalue weighted by Gasteiger charge is -2.05. The largest absolute Gasteiger partial charge is 0.219 e. The van der Waals surface area contributed by atoms with Gasteiger partial charge in [0.2, 0.25) is 0 Å². The lowest BCUT2D eigenvalue weighted by atomic mass is 10.3. The van der Waals surface area contributed by atoms with Crippen molar-refractivity contribution < 1.29 is 13.2 Å². The van der Waals surface area contributed by atoms with Crippen molar-refractivity contribution in [3.63, 3.8) is 0 Å². The molecule has 2 aromatic rings. The molecule has 0 unspecified atom stereocenters. The molecular formula is C9H4ClF3N2. The fraction of sp³-hybridized carbons (Fsp3) is 0. The van der Waals surface area contributed by atoms with Gasteiger partial charge >= 0.3 is 0 Å². The van der Waals surface area contributed by atoms with Crippen molar-refractivity contribution in [3.8, 4) is 5.69 Å². The van der Waals surface area contributed by atoms with Crippen LogP contribution in [-0.2, 0) is 0 Å². The van der Waals surface area contributed by atoms with E-state index in [1.807, 2.05) is 0 Å². The zero-order valence-corrected chi connectivity index (χ0v) is 7.97. The van der Waals surface area contributed by atoms with Gasteiger partial charge in [0, 0.05) is 12.1 Å². The van der Waals surface area contributed by atoms with Crippen molar-refractivity contribution in [2.75, 3.05) is 0 Å². The van der Waals surface area contributed by atoms with Gasteiger partial charge in [-0.3, -0.25) is 0 Å². The summed E-state index contributed by atoms with van der Waals surface area (Å²) in [7, 11) is 0. The van der Waals surface area contributed by atoms with Crippen molar-refractivity contribution in [1.29, 1.82) is 0 Å². The first-order chi connectivity index (χ1) is 7.09. The average Bonchev–Trinajstić information content (AvgIpc) is 2.58. The van der Waals surface area contributed by atoms with Crippen LogP contribution in [0.4, 0.5) is 13.2 Å². The number of aromatic nitrogens is 2. The SMILES string of the molecule is Fc1cc(F)c(-n2nccc2Cl)cc1F. The minimum absolute atomic E-state index is 0.111. The summed E-state index contributed by atoms with van der Waals surface area (Å²) in [4.78, 5) is 0. The van der Waals surface area contributed by atoms with Crippen molar-refractivity contribution in [1.82, 2.24) is 9.78 Å². The molecule has 0 amide bonds. The van der Waals surface area contributed by atoms with Gasteiger partial charge in [-0.15, -0.1) is 0 Å². The number of hydrogen-bond donors (Lipinski definition) is 0. The Labute approximate surface area is 87.9 Å². The van der Waals surface area contributed by atoms with Crippen LogP contribution in [0.5, 0.6) is 0 Å². The second-order valence-corrected chi connectivity index (χ2v) is 3.17. The highest BCUT2D eigenvalue weighted by molar-refractivity contribution is 6.29. The molecule has 0 radical (unpaired) electrons. The average molecular weight is 233 g/mol. The third-order valence-corrected chi connectivity index (χ3v) is 2.10. The maximum Gasteiger partial charge on any atom is 0.161 e. The number of rotatable bonds is 1. The predicted molar refractivity (Wildman–Crippen MR) is 48.4 cm³/mol. The van der Waals surface area contributed by atoms with Crippen LogP contribution in [-0.4, -0.2) is 9.78 Å². The molecule has 1 aromatic heterocycles. The molecule has 0 N–H and O–H groups in total. The minimum Gasteiger partial charge on any atom is -0.219 e. The first-order valence-electron chi connectivity index (χ1n) is 3.94. The Bertz CT molecular complexity index is 510. The molecule has 2 nitrogen and oxygen atoms in total. The normalized spacial score (nSPS) is 10.7. The topological polar surface area (TPSA) is 17.8 Å². The summed E-state index contributed by atoms with van der Waals surface area (Å²) in [6.45, 7) is 0. The summed E-state index contributed by atoms with van der Waals surface area (Å²) < 4.78 is 39.7. The second kappa shape index (κ2) is 3.58. The zero-order valence-electron chi connectivity index (χ0n) is 7.22. The third-order valence-electron chi connectivity index (χ3n) is 1.81. The van der Waals surface area contributed by atoms with E-state index in [-0.39, 0.29) is 10.8 Å².